The molecule has 65 heavy (non-hydrogen) atoms. The molecule has 1 saturated heterocycles. The van der Waals surface area contributed by atoms with E-state index in [1.807, 2.05) is 45.1 Å². The second-order valence-corrected chi connectivity index (χ2v) is 19.8. The van der Waals surface area contributed by atoms with Crippen LogP contribution in [0.2, 0.25) is 0 Å². The SMILES string of the molecule is C=Cc1c2[nH]c(c1C)/C=C1\NC(C3=c4[nH]/c(c(C)c4C(=O)[C@@H]3C(=O)OC)=C\c3[nH]c(/c(=C\O)c3CC)=C\2)[C@@H](CCC(=O)OC/C=C(/C)CCC[C@H](C)CCC[C@H](C)CCCC(C)C)[C@@H]1C. The molecule has 5 heterocycles. The number of methoxy groups -OCH3 is 1. The number of aromatic nitrogens is 3. The summed E-state index contributed by atoms with van der Waals surface area (Å²) in [6, 6.07) is -0.473. The van der Waals surface area contributed by atoms with E-state index in [-0.39, 0.29) is 36.6 Å². The van der Waals surface area contributed by atoms with Gasteiger partial charge in [-0.15, -0.1) is 0 Å². The van der Waals surface area contributed by atoms with Gasteiger partial charge in [0.2, 0.25) is 0 Å². The number of rotatable bonds is 20. The van der Waals surface area contributed by atoms with Crippen molar-refractivity contribution in [2.45, 2.75) is 145 Å². The molecule has 6 atom stereocenters. The minimum Gasteiger partial charge on any atom is -0.515 e. The van der Waals surface area contributed by atoms with Gasteiger partial charge >= 0.3 is 11.9 Å². The van der Waals surface area contributed by atoms with Crippen LogP contribution in [0.5, 0.6) is 0 Å². The highest BCUT2D eigenvalue weighted by Crippen LogP contribution is 2.42. The average molecular weight is 889 g/mol. The third-order valence-corrected chi connectivity index (χ3v) is 14.7. The Morgan fingerprint density at radius 3 is 2.20 bits per heavy atom. The number of ketones is 1. The van der Waals surface area contributed by atoms with Gasteiger partial charge in [0.25, 0.3) is 0 Å². The molecule has 352 valence electrons. The monoisotopic (exact) mass is 889 g/mol. The summed E-state index contributed by atoms with van der Waals surface area (Å²) in [7, 11) is 1.31. The summed E-state index contributed by atoms with van der Waals surface area (Å²) in [6.07, 6.45) is 23.6. The van der Waals surface area contributed by atoms with Gasteiger partial charge in [0, 0.05) is 56.8 Å². The van der Waals surface area contributed by atoms with Crippen LogP contribution in [0.25, 0.3) is 36.1 Å². The van der Waals surface area contributed by atoms with Crippen molar-refractivity contribution in [3.63, 3.8) is 0 Å². The zero-order chi connectivity index (χ0) is 47.1. The number of esters is 2. The van der Waals surface area contributed by atoms with Crippen molar-refractivity contribution in [1.82, 2.24) is 20.3 Å². The largest absolute Gasteiger partial charge is 0.515 e. The Labute approximate surface area is 386 Å². The first-order valence-corrected chi connectivity index (χ1v) is 24.4. The van der Waals surface area contributed by atoms with Gasteiger partial charge in [-0.1, -0.05) is 105 Å². The Bertz CT molecular complexity index is 2560. The maximum absolute atomic E-state index is 14.4. The molecule has 0 radical (unpaired) electrons. The highest BCUT2D eigenvalue weighted by atomic mass is 16.5. The molecule has 3 aromatic heterocycles. The lowest BCUT2D eigenvalue weighted by atomic mass is 9.80. The first-order valence-electron chi connectivity index (χ1n) is 24.4. The number of H-pyrrole nitrogens is 3. The summed E-state index contributed by atoms with van der Waals surface area (Å²) in [5, 5.41) is 17.0. The van der Waals surface area contributed by atoms with Crippen molar-refractivity contribution < 1.29 is 29.0 Å². The molecular weight excluding hydrogens is 813 g/mol. The number of Topliss-reactive ketones (excluding diaryl/α,β-unsaturated/α-hetero) is 1. The minimum absolute atomic E-state index is 0.0891. The fraction of sp³-hybridized carbons (Fsp3) is 0.545. The summed E-state index contributed by atoms with van der Waals surface area (Å²) in [5.74, 6) is -0.281. The van der Waals surface area contributed by atoms with E-state index < -0.39 is 17.9 Å². The molecule has 1 unspecified atom stereocenters. The van der Waals surface area contributed by atoms with Crippen LogP contribution < -0.4 is 26.6 Å². The number of carbonyl (C=O) groups is 3. The smallest absolute Gasteiger partial charge is 0.320 e. The molecule has 0 spiro atoms. The molecule has 0 saturated carbocycles. The molecule has 2 aliphatic heterocycles. The van der Waals surface area contributed by atoms with E-state index in [2.05, 4.69) is 74.5 Å². The van der Waals surface area contributed by atoms with Crippen LogP contribution in [0.15, 0.2) is 23.9 Å². The van der Waals surface area contributed by atoms with Crippen molar-refractivity contribution >= 4 is 53.9 Å². The molecule has 3 aliphatic rings. The van der Waals surface area contributed by atoms with Crippen LogP contribution in [0, 0.1) is 49.4 Å². The summed E-state index contributed by atoms with van der Waals surface area (Å²) in [5.41, 5.74) is 9.32. The molecule has 10 nitrogen and oxygen atoms in total. The summed E-state index contributed by atoms with van der Waals surface area (Å²) in [4.78, 5) is 52.2. The molecule has 1 fully saturated rings. The van der Waals surface area contributed by atoms with E-state index in [0.717, 1.165) is 86.7 Å². The fourth-order valence-electron chi connectivity index (χ4n) is 10.7. The van der Waals surface area contributed by atoms with Crippen LogP contribution in [0.1, 0.15) is 169 Å². The predicted octanol–water partition coefficient (Wildman–Crippen LogP) is 8.87. The van der Waals surface area contributed by atoms with Crippen LogP contribution in [-0.4, -0.2) is 57.5 Å². The standard InChI is InChI=1S/C55H76N4O6/c1-12-38-35(8)42-27-43-36(9)40(23-24-48(61)65-26-25-34(7)22-16-21-33(6)20-15-19-32(5)18-14-17-31(3)4)52(58-43)50-51(55(63)64-11)54(62)49-37(10)44(59-53(49)50)28-46-39(13-2)41(30-60)47(57-46)29-45(38)56-42/h12,25,27-33,36,40,51-52,56-60H,1,13-24,26H2,2-11H3/b34-25-,41-30-,43-27-,44-28-,47-29-/t32-,33-,36+,40+,51-,52?/m1/s1. The van der Waals surface area contributed by atoms with Crippen LogP contribution >= 0.6 is 0 Å². The third-order valence-electron chi connectivity index (χ3n) is 14.7. The van der Waals surface area contributed by atoms with Crippen molar-refractivity contribution in [3.05, 3.63) is 90.1 Å². The highest BCUT2D eigenvalue weighted by Gasteiger charge is 2.49. The zero-order valence-electron chi connectivity index (χ0n) is 40.9. The van der Waals surface area contributed by atoms with Crippen molar-refractivity contribution in [2.75, 3.05) is 13.7 Å². The number of aliphatic hydroxyl groups is 1. The molecule has 0 amide bonds. The molecule has 8 bridgehead atoms. The fourth-order valence-corrected chi connectivity index (χ4v) is 10.7. The second kappa shape index (κ2) is 21.8. The van der Waals surface area contributed by atoms with E-state index in [0.29, 0.717) is 40.5 Å². The van der Waals surface area contributed by atoms with E-state index in [1.54, 1.807) is 0 Å². The van der Waals surface area contributed by atoms with Gasteiger partial charge in [0.15, 0.2) is 5.78 Å². The molecule has 5 N–H and O–H groups in total. The number of carbonyl (C=O) groups excluding carboxylic acids is 3. The minimum atomic E-state index is -1.14. The van der Waals surface area contributed by atoms with Gasteiger partial charge < -0.3 is 34.8 Å². The Kier molecular flexibility index (Phi) is 16.5. The number of aliphatic hydroxyl groups excluding tert-OH is 1. The summed E-state index contributed by atoms with van der Waals surface area (Å²) in [6.45, 7) is 24.0. The van der Waals surface area contributed by atoms with Gasteiger partial charge in [-0.25, -0.2) is 0 Å². The molecule has 0 aromatic carbocycles. The Morgan fingerprint density at radius 2 is 1.55 bits per heavy atom. The van der Waals surface area contributed by atoms with Crippen molar-refractivity contribution in [2.24, 2.45) is 35.5 Å². The predicted molar refractivity (Wildman–Crippen MR) is 264 cm³/mol. The number of aromatic amines is 3. The quantitative estimate of drug-likeness (QED) is 0.0433. The summed E-state index contributed by atoms with van der Waals surface area (Å²) >= 11 is 0. The topological polar surface area (TPSA) is 149 Å². The number of fused-ring (bicyclic) bond motifs is 8. The van der Waals surface area contributed by atoms with E-state index in [1.165, 1.54) is 57.6 Å². The maximum atomic E-state index is 14.4. The normalized spacial score (nSPS) is 22.2. The highest BCUT2D eigenvalue weighted by molar-refractivity contribution is 6.19. The van der Waals surface area contributed by atoms with Gasteiger partial charge in [-0.05, 0) is 117 Å². The van der Waals surface area contributed by atoms with Gasteiger partial charge in [-0.3, -0.25) is 14.4 Å². The number of hydrogen-bond acceptors (Lipinski definition) is 7. The molecular formula is C55H76N4O6. The van der Waals surface area contributed by atoms with Crippen LogP contribution in [-0.2, 0) is 25.5 Å². The van der Waals surface area contributed by atoms with Gasteiger partial charge in [-0.2, -0.15) is 0 Å². The number of allylic oxidation sites excluding steroid dienone is 2. The third kappa shape index (κ3) is 10.9. The van der Waals surface area contributed by atoms with E-state index in [9.17, 15) is 19.5 Å². The first kappa shape index (κ1) is 49.2. The average Bonchev–Trinajstić information content (AvgIpc) is 4.02. The summed E-state index contributed by atoms with van der Waals surface area (Å²) < 4.78 is 11.1. The lowest BCUT2D eigenvalue weighted by molar-refractivity contribution is -0.143. The van der Waals surface area contributed by atoms with E-state index >= 15 is 0 Å². The molecule has 3 aromatic rings. The number of nitrogens with one attached hydrogen (secondary N) is 4. The Hall–Kier alpha value is -5.25. The van der Waals surface area contributed by atoms with Crippen molar-refractivity contribution in [3.8, 4) is 0 Å². The molecule has 6 rings (SSSR count). The lowest BCUT2D eigenvalue weighted by Gasteiger charge is -2.25. The van der Waals surface area contributed by atoms with Gasteiger partial charge in [0.1, 0.15) is 12.5 Å². The second-order valence-electron chi connectivity index (χ2n) is 19.8. The van der Waals surface area contributed by atoms with Crippen molar-refractivity contribution in [1.29, 1.82) is 0 Å². The van der Waals surface area contributed by atoms with Gasteiger partial charge in [0.05, 0.1) is 30.1 Å². The van der Waals surface area contributed by atoms with E-state index in [4.69, 9.17) is 9.47 Å². The van der Waals surface area contributed by atoms with Crippen LogP contribution in [0.3, 0.4) is 0 Å². The molecule has 1 aliphatic carbocycles. The number of hydrogen-bond donors (Lipinski definition) is 5. The zero-order valence-corrected chi connectivity index (χ0v) is 40.9. The Balaban J connectivity index is 1.22. The number of ether oxygens (including phenoxy) is 2. The Morgan fingerprint density at radius 1 is 0.877 bits per heavy atom. The maximum Gasteiger partial charge on any atom is 0.320 e. The van der Waals surface area contributed by atoms with Crippen LogP contribution in [0.4, 0.5) is 0 Å². The lowest BCUT2D eigenvalue weighted by Crippen LogP contribution is -2.38. The first-order chi connectivity index (χ1) is 31.1. The molecule has 10 heteroatoms.